The quantitative estimate of drug-likeness (QED) is 0.680. The van der Waals surface area contributed by atoms with Gasteiger partial charge in [0, 0.05) is 11.7 Å². The topological polar surface area (TPSA) is 67.4 Å². The van der Waals surface area contributed by atoms with E-state index in [1.54, 1.807) is 24.3 Å². The molecular formula is C23H32N2O3. The van der Waals surface area contributed by atoms with Crippen molar-refractivity contribution in [2.24, 2.45) is 23.2 Å². The molecule has 2 N–H and O–H groups in total. The maximum Gasteiger partial charge on any atom is 0.337 e. The van der Waals surface area contributed by atoms with Crippen LogP contribution in [-0.2, 0) is 4.74 Å². The lowest BCUT2D eigenvalue weighted by Crippen LogP contribution is -2.57. The number of amides is 2. The van der Waals surface area contributed by atoms with Gasteiger partial charge in [-0.3, -0.25) is 0 Å². The number of carbonyl (C=O) groups is 2. The number of urea groups is 1. The molecular weight excluding hydrogens is 352 g/mol. The van der Waals surface area contributed by atoms with Crippen molar-refractivity contribution >= 4 is 17.7 Å². The molecule has 0 heterocycles. The van der Waals surface area contributed by atoms with E-state index in [1.165, 1.54) is 45.6 Å². The number of anilines is 1. The Balaban J connectivity index is 1.42. The van der Waals surface area contributed by atoms with Gasteiger partial charge in [0.05, 0.1) is 12.7 Å². The fourth-order valence-corrected chi connectivity index (χ4v) is 6.56. The summed E-state index contributed by atoms with van der Waals surface area (Å²) in [5, 5.41) is 6.28. The van der Waals surface area contributed by atoms with Crippen LogP contribution in [0.1, 0.15) is 68.6 Å². The lowest BCUT2D eigenvalue weighted by molar-refractivity contribution is -0.0727. The minimum absolute atomic E-state index is 0.139. The number of nitrogens with one attached hydrogen (secondary N) is 2. The third kappa shape index (κ3) is 3.76. The van der Waals surface area contributed by atoms with Crippen LogP contribution in [0.3, 0.4) is 0 Å². The van der Waals surface area contributed by atoms with Gasteiger partial charge in [-0.2, -0.15) is 0 Å². The Hall–Kier alpha value is -2.04. The summed E-state index contributed by atoms with van der Waals surface area (Å²) in [6.45, 7) is 2.21. The van der Waals surface area contributed by atoms with Gasteiger partial charge in [-0.15, -0.1) is 0 Å². The van der Waals surface area contributed by atoms with E-state index in [9.17, 15) is 9.59 Å². The van der Waals surface area contributed by atoms with Crippen LogP contribution in [0.25, 0.3) is 0 Å². The first-order chi connectivity index (χ1) is 13.5. The second-order valence-corrected chi connectivity index (χ2v) is 9.29. The number of benzene rings is 1. The van der Waals surface area contributed by atoms with Crippen LogP contribution in [0.15, 0.2) is 24.3 Å². The van der Waals surface area contributed by atoms with Crippen LogP contribution >= 0.6 is 0 Å². The molecule has 5 nitrogen and oxygen atoms in total. The summed E-state index contributed by atoms with van der Waals surface area (Å²) in [4.78, 5) is 24.3. The van der Waals surface area contributed by atoms with Crippen molar-refractivity contribution in [3.05, 3.63) is 29.8 Å². The molecule has 4 fully saturated rings. The van der Waals surface area contributed by atoms with Crippen LogP contribution in [0, 0.1) is 23.2 Å². The van der Waals surface area contributed by atoms with Gasteiger partial charge in [0.2, 0.25) is 0 Å². The number of rotatable bonds is 6. The third-order valence-electron chi connectivity index (χ3n) is 7.27. The Morgan fingerprint density at radius 3 is 2.14 bits per heavy atom. The van der Waals surface area contributed by atoms with Crippen LogP contribution < -0.4 is 10.6 Å². The van der Waals surface area contributed by atoms with Crippen molar-refractivity contribution in [1.82, 2.24) is 5.32 Å². The normalized spacial score (nSPS) is 31.3. The number of carbonyl (C=O) groups excluding carboxylic acids is 2. The van der Waals surface area contributed by atoms with Crippen molar-refractivity contribution in [1.29, 1.82) is 0 Å². The summed E-state index contributed by atoms with van der Waals surface area (Å²) < 4.78 is 4.72. The molecule has 4 aliphatic carbocycles. The molecule has 1 aromatic rings. The molecule has 4 saturated carbocycles. The highest BCUT2D eigenvalue weighted by Gasteiger charge is 2.54. The average molecular weight is 385 g/mol. The lowest BCUT2D eigenvalue weighted by Gasteiger charge is -2.59. The molecule has 0 aromatic heterocycles. The van der Waals surface area contributed by atoms with E-state index in [0.29, 0.717) is 16.7 Å². The van der Waals surface area contributed by atoms with Gasteiger partial charge < -0.3 is 15.4 Å². The van der Waals surface area contributed by atoms with Gasteiger partial charge >= 0.3 is 12.0 Å². The van der Waals surface area contributed by atoms with Crippen molar-refractivity contribution in [2.45, 2.75) is 64.3 Å². The zero-order valence-corrected chi connectivity index (χ0v) is 17.0. The van der Waals surface area contributed by atoms with Crippen molar-refractivity contribution < 1.29 is 14.3 Å². The Kier molecular flexibility index (Phi) is 5.35. The molecule has 28 heavy (non-hydrogen) atoms. The van der Waals surface area contributed by atoms with E-state index >= 15 is 0 Å². The van der Waals surface area contributed by atoms with E-state index in [-0.39, 0.29) is 18.0 Å². The molecule has 0 radical (unpaired) electrons. The van der Waals surface area contributed by atoms with Gasteiger partial charge in [-0.25, -0.2) is 9.59 Å². The Labute approximate surface area is 167 Å². The Morgan fingerprint density at radius 2 is 1.64 bits per heavy atom. The average Bonchev–Trinajstić information content (AvgIpc) is 2.66. The minimum Gasteiger partial charge on any atom is -0.465 e. The van der Waals surface area contributed by atoms with Crippen LogP contribution in [0.2, 0.25) is 0 Å². The first kappa shape index (κ1) is 19.3. The first-order valence-electron chi connectivity index (χ1n) is 10.8. The highest BCUT2D eigenvalue weighted by molar-refractivity contribution is 5.92. The maximum absolute atomic E-state index is 12.8. The van der Waals surface area contributed by atoms with Crippen LogP contribution in [0.5, 0.6) is 0 Å². The highest BCUT2D eigenvalue weighted by Crippen LogP contribution is 2.61. The van der Waals surface area contributed by atoms with E-state index in [4.69, 9.17) is 4.74 Å². The number of ether oxygens (including phenoxy) is 1. The molecule has 152 valence electrons. The van der Waals surface area contributed by atoms with Crippen LogP contribution in [0.4, 0.5) is 10.5 Å². The van der Waals surface area contributed by atoms with Crippen molar-refractivity contribution in [3.63, 3.8) is 0 Å². The van der Waals surface area contributed by atoms with Crippen LogP contribution in [-0.4, -0.2) is 25.2 Å². The van der Waals surface area contributed by atoms with Gasteiger partial charge in [0.25, 0.3) is 0 Å². The minimum atomic E-state index is -0.374. The van der Waals surface area contributed by atoms with Crippen molar-refractivity contribution in [2.75, 3.05) is 12.4 Å². The van der Waals surface area contributed by atoms with E-state index in [2.05, 4.69) is 17.6 Å². The summed E-state index contributed by atoms with van der Waals surface area (Å²) in [6, 6.07) is 6.94. The lowest BCUT2D eigenvalue weighted by atomic mass is 9.47. The smallest absolute Gasteiger partial charge is 0.337 e. The van der Waals surface area contributed by atoms with Gasteiger partial charge in [-0.05, 0) is 92.4 Å². The highest BCUT2D eigenvalue weighted by atomic mass is 16.5. The predicted octanol–water partition coefficient (Wildman–Crippen LogP) is 4.98. The number of methoxy groups -OCH3 is 1. The summed E-state index contributed by atoms with van der Waals surface area (Å²) in [5.74, 6) is 2.25. The zero-order valence-electron chi connectivity index (χ0n) is 17.0. The van der Waals surface area contributed by atoms with E-state index in [1.807, 2.05) is 0 Å². The molecule has 4 aliphatic rings. The predicted molar refractivity (Wildman–Crippen MR) is 109 cm³/mol. The zero-order chi connectivity index (χ0) is 19.7. The molecule has 0 saturated heterocycles. The van der Waals surface area contributed by atoms with E-state index in [0.717, 1.165) is 30.6 Å². The molecule has 5 heteroatoms. The van der Waals surface area contributed by atoms with Gasteiger partial charge in [0.1, 0.15) is 0 Å². The molecule has 0 aliphatic heterocycles. The monoisotopic (exact) mass is 384 g/mol. The standard InChI is InChI=1S/C23H32N2O3/c1-3-4-20(23-12-15-9-16(13-23)11-17(10-15)14-23)25-22(27)24-19-7-5-18(6-8-19)21(26)28-2/h5-8,15-17,20H,3-4,9-14H2,1-2H3,(H2,24,25,27)/t15?,16?,17?,20-,23?/m1/s1. The Morgan fingerprint density at radius 1 is 1.07 bits per heavy atom. The molecule has 1 aromatic carbocycles. The molecule has 5 rings (SSSR count). The fraction of sp³-hybridized carbons (Fsp3) is 0.652. The summed E-state index contributed by atoms with van der Waals surface area (Å²) in [7, 11) is 1.36. The number of hydrogen-bond acceptors (Lipinski definition) is 3. The molecule has 0 spiro atoms. The van der Waals surface area contributed by atoms with Gasteiger partial charge in [-0.1, -0.05) is 13.3 Å². The SMILES string of the molecule is CCC[C@@H](NC(=O)Nc1ccc(C(=O)OC)cc1)C12CC3CC(CC(C3)C1)C2. The third-order valence-corrected chi connectivity index (χ3v) is 7.27. The molecule has 1 atom stereocenters. The fourth-order valence-electron chi connectivity index (χ4n) is 6.56. The number of esters is 1. The maximum atomic E-state index is 12.8. The Bertz CT molecular complexity index is 693. The van der Waals surface area contributed by atoms with Crippen molar-refractivity contribution in [3.8, 4) is 0 Å². The largest absolute Gasteiger partial charge is 0.465 e. The number of hydrogen-bond donors (Lipinski definition) is 2. The second-order valence-electron chi connectivity index (χ2n) is 9.29. The molecule has 0 unspecified atom stereocenters. The molecule has 4 bridgehead atoms. The summed E-state index contributed by atoms with van der Waals surface area (Å²) >= 11 is 0. The first-order valence-corrected chi connectivity index (χ1v) is 10.8. The van der Waals surface area contributed by atoms with E-state index < -0.39 is 0 Å². The summed E-state index contributed by atoms with van der Waals surface area (Å²) in [5.41, 5.74) is 1.47. The second kappa shape index (κ2) is 7.76. The molecule has 2 amide bonds. The van der Waals surface area contributed by atoms with Gasteiger partial charge in [0.15, 0.2) is 0 Å². The summed E-state index contributed by atoms with van der Waals surface area (Å²) in [6.07, 6.45) is 10.2.